The van der Waals surface area contributed by atoms with Crippen molar-refractivity contribution in [1.29, 1.82) is 0 Å². The van der Waals surface area contributed by atoms with Crippen LogP contribution in [0.4, 0.5) is 0 Å². The minimum absolute atomic E-state index is 0.453. The quantitative estimate of drug-likeness (QED) is 0.630. The lowest BCUT2D eigenvalue weighted by molar-refractivity contribution is -0.0141. The maximum Gasteiger partial charge on any atom is 0.0599 e. The van der Waals surface area contributed by atoms with E-state index in [9.17, 15) is 0 Å². The highest BCUT2D eigenvalue weighted by molar-refractivity contribution is 4.72. The predicted octanol–water partition coefficient (Wildman–Crippen LogP) is 3.54. The Morgan fingerprint density at radius 2 is 1.33 bits per heavy atom. The molecular weight excluding hydrogens is 188 g/mol. The normalized spacial score (nSPS) is 27.6. The molecule has 0 N–H and O–H groups in total. The van der Waals surface area contributed by atoms with Crippen molar-refractivity contribution < 1.29 is 9.47 Å². The Morgan fingerprint density at radius 1 is 0.867 bits per heavy atom. The summed E-state index contributed by atoms with van der Waals surface area (Å²) < 4.78 is 11.7. The summed E-state index contributed by atoms with van der Waals surface area (Å²) in [5.74, 6) is 0. The zero-order valence-corrected chi connectivity index (χ0v) is 10.3. The van der Waals surface area contributed by atoms with Crippen molar-refractivity contribution in [3.8, 4) is 0 Å². The Morgan fingerprint density at radius 3 is 1.73 bits per heavy atom. The highest BCUT2D eigenvalue weighted by atomic mass is 16.5. The fraction of sp³-hybridized carbons (Fsp3) is 1.00. The van der Waals surface area contributed by atoms with Gasteiger partial charge in [0.25, 0.3) is 0 Å². The second-order valence-electron chi connectivity index (χ2n) is 4.51. The molecular formula is C13H26O2. The van der Waals surface area contributed by atoms with E-state index in [2.05, 4.69) is 13.8 Å². The molecule has 1 aliphatic rings. The average molecular weight is 214 g/mol. The molecule has 0 aliphatic heterocycles. The summed E-state index contributed by atoms with van der Waals surface area (Å²) in [6.45, 7) is 6.15. The molecule has 0 saturated heterocycles. The van der Waals surface area contributed by atoms with Gasteiger partial charge >= 0.3 is 0 Å². The van der Waals surface area contributed by atoms with E-state index in [1.54, 1.807) is 0 Å². The molecule has 90 valence electrons. The van der Waals surface area contributed by atoms with Crippen molar-refractivity contribution in [3.05, 3.63) is 0 Å². The van der Waals surface area contributed by atoms with Gasteiger partial charge in [0.2, 0.25) is 0 Å². The van der Waals surface area contributed by atoms with Crippen LogP contribution in [0.1, 0.15) is 58.8 Å². The van der Waals surface area contributed by atoms with Gasteiger partial charge in [-0.2, -0.15) is 0 Å². The maximum atomic E-state index is 5.84. The average Bonchev–Trinajstić information content (AvgIpc) is 2.48. The monoisotopic (exact) mass is 214 g/mol. The second-order valence-corrected chi connectivity index (χ2v) is 4.51. The van der Waals surface area contributed by atoms with Crippen LogP contribution < -0.4 is 0 Å². The molecule has 0 amide bonds. The molecule has 1 saturated carbocycles. The first-order valence-corrected chi connectivity index (χ1v) is 6.60. The van der Waals surface area contributed by atoms with E-state index in [0.717, 1.165) is 32.5 Å². The van der Waals surface area contributed by atoms with Gasteiger partial charge < -0.3 is 9.47 Å². The SMILES string of the molecule is CCCOC1CCCCC(OCCC)C1. The Bertz CT molecular complexity index is 131. The maximum absolute atomic E-state index is 5.84. The summed E-state index contributed by atoms with van der Waals surface area (Å²) in [5, 5.41) is 0. The van der Waals surface area contributed by atoms with Crippen molar-refractivity contribution in [2.75, 3.05) is 13.2 Å². The van der Waals surface area contributed by atoms with Gasteiger partial charge in [-0.05, 0) is 32.1 Å². The lowest BCUT2D eigenvalue weighted by Gasteiger charge is -2.20. The van der Waals surface area contributed by atoms with Crippen LogP contribution in [0.15, 0.2) is 0 Å². The molecule has 0 spiro atoms. The third-order valence-corrected chi connectivity index (χ3v) is 2.94. The fourth-order valence-electron chi connectivity index (χ4n) is 2.14. The number of hydrogen-bond donors (Lipinski definition) is 0. The molecule has 2 nitrogen and oxygen atoms in total. The summed E-state index contributed by atoms with van der Waals surface area (Å²) in [7, 11) is 0. The Kier molecular flexibility index (Phi) is 7.03. The lowest BCUT2D eigenvalue weighted by Crippen LogP contribution is -2.21. The van der Waals surface area contributed by atoms with Crippen molar-refractivity contribution in [2.45, 2.75) is 71.0 Å². The summed E-state index contributed by atoms with van der Waals surface area (Å²) in [6, 6.07) is 0. The molecule has 2 unspecified atom stereocenters. The standard InChI is InChI=1S/C13H26O2/c1-3-9-14-12-7-5-6-8-13(11-12)15-10-4-2/h12-13H,3-11H2,1-2H3. The summed E-state index contributed by atoms with van der Waals surface area (Å²) in [4.78, 5) is 0. The molecule has 1 fully saturated rings. The van der Waals surface area contributed by atoms with Crippen LogP contribution in [0.5, 0.6) is 0 Å². The van der Waals surface area contributed by atoms with Crippen molar-refractivity contribution >= 4 is 0 Å². The van der Waals surface area contributed by atoms with Gasteiger partial charge in [-0.25, -0.2) is 0 Å². The van der Waals surface area contributed by atoms with Gasteiger partial charge in [0, 0.05) is 13.2 Å². The summed E-state index contributed by atoms with van der Waals surface area (Å²) in [6.07, 6.45) is 9.33. The van der Waals surface area contributed by atoms with Crippen LogP contribution >= 0.6 is 0 Å². The first kappa shape index (κ1) is 13.0. The van der Waals surface area contributed by atoms with E-state index >= 15 is 0 Å². The first-order chi connectivity index (χ1) is 7.36. The van der Waals surface area contributed by atoms with E-state index in [0.29, 0.717) is 12.2 Å². The molecule has 0 radical (unpaired) electrons. The molecule has 15 heavy (non-hydrogen) atoms. The molecule has 0 heterocycles. The minimum atomic E-state index is 0.453. The molecule has 0 bridgehead atoms. The van der Waals surface area contributed by atoms with Crippen molar-refractivity contribution in [2.24, 2.45) is 0 Å². The zero-order valence-electron chi connectivity index (χ0n) is 10.3. The third-order valence-electron chi connectivity index (χ3n) is 2.94. The van der Waals surface area contributed by atoms with E-state index in [1.165, 1.54) is 25.7 Å². The zero-order chi connectivity index (χ0) is 10.9. The van der Waals surface area contributed by atoms with Crippen molar-refractivity contribution in [3.63, 3.8) is 0 Å². The van der Waals surface area contributed by atoms with Crippen LogP contribution in [0.2, 0.25) is 0 Å². The smallest absolute Gasteiger partial charge is 0.0599 e. The van der Waals surface area contributed by atoms with Gasteiger partial charge in [0.05, 0.1) is 12.2 Å². The van der Waals surface area contributed by atoms with Gasteiger partial charge in [0.15, 0.2) is 0 Å². The highest BCUT2D eigenvalue weighted by Crippen LogP contribution is 2.22. The molecule has 0 aromatic carbocycles. The Labute approximate surface area is 94.3 Å². The van der Waals surface area contributed by atoms with E-state index in [4.69, 9.17) is 9.47 Å². The van der Waals surface area contributed by atoms with E-state index in [-0.39, 0.29) is 0 Å². The van der Waals surface area contributed by atoms with E-state index in [1.807, 2.05) is 0 Å². The topological polar surface area (TPSA) is 18.5 Å². The predicted molar refractivity (Wildman–Crippen MR) is 63.1 cm³/mol. The number of ether oxygens (including phenoxy) is 2. The van der Waals surface area contributed by atoms with Crippen LogP contribution in [0.25, 0.3) is 0 Å². The molecule has 2 atom stereocenters. The number of rotatable bonds is 6. The summed E-state index contributed by atoms with van der Waals surface area (Å²) in [5.41, 5.74) is 0. The molecule has 2 heteroatoms. The first-order valence-electron chi connectivity index (χ1n) is 6.60. The lowest BCUT2D eigenvalue weighted by atomic mass is 10.1. The largest absolute Gasteiger partial charge is 0.378 e. The molecule has 1 rings (SSSR count). The number of hydrogen-bond acceptors (Lipinski definition) is 2. The minimum Gasteiger partial charge on any atom is -0.378 e. The van der Waals surface area contributed by atoms with Gasteiger partial charge in [-0.1, -0.05) is 26.7 Å². The highest BCUT2D eigenvalue weighted by Gasteiger charge is 2.20. The van der Waals surface area contributed by atoms with Crippen LogP contribution in [0, 0.1) is 0 Å². The second kappa shape index (κ2) is 8.12. The molecule has 0 aromatic rings. The Hall–Kier alpha value is -0.0800. The Balaban J connectivity index is 2.25. The third kappa shape index (κ3) is 5.53. The van der Waals surface area contributed by atoms with Crippen LogP contribution in [-0.2, 0) is 9.47 Å². The van der Waals surface area contributed by atoms with Crippen LogP contribution in [-0.4, -0.2) is 25.4 Å². The van der Waals surface area contributed by atoms with Crippen molar-refractivity contribution in [1.82, 2.24) is 0 Å². The fourth-order valence-corrected chi connectivity index (χ4v) is 2.14. The van der Waals surface area contributed by atoms with Gasteiger partial charge in [-0.15, -0.1) is 0 Å². The summed E-state index contributed by atoms with van der Waals surface area (Å²) >= 11 is 0. The van der Waals surface area contributed by atoms with Gasteiger partial charge in [-0.3, -0.25) is 0 Å². The van der Waals surface area contributed by atoms with Gasteiger partial charge in [0.1, 0.15) is 0 Å². The molecule has 0 aromatic heterocycles. The molecule has 1 aliphatic carbocycles. The van der Waals surface area contributed by atoms with E-state index < -0.39 is 0 Å². The van der Waals surface area contributed by atoms with Crippen LogP contribution in [0.3, 0.4) is 0 Å².